The Bertz CT molecular complexity index is 1270. The summed E-state index contributed by atoms with van der Waals surface area (Å²) >= 11 is 3.04. The van der Waals surface area contributed by atoms with Gasteiger partial charge in [0.15, 0.2) is 4.96 Å². The number of rotatable bonds is 4. The molecular formula is C19H16N6OS2. The van der Waals surface area contributed by atoms with Crippen LogP contribution in [-0.2, 0) is 0 Å². The lowest BCUT2D eigenvalue weighted by molar-refractivity contribution is 0.0747. The quantitative estimate of drug-likeness (QED) is 0.450. The van der Waals surface area contributed by atoms with E-state index in [0.717, 1.165) is 26.6 Å². The van der Waals surface area contributed by atoms with E-state index in [1.807, 2.05) is 60.3 Å². The van der Waals surface area contributed by atoms with E-state index in [1.54, 1.807) is 27.2 Å². The number of thiazole rings is 1. The highest BCUT2D eigenvalue weighted by Gasteiger charge is 2.22. The Balaban J connectivity index is 1.39. The van der Waals surface area contributed by atoms with E-state index in [-0.39, 0.29) is 11.9 Å². The van der Waals surface area contributed by atoms with Crippen molar-refractivity contribution in [3.63, 3.8) is 0 Å². The molecule has 0 saturated heterocycles. The van der Waals surface area contributed by atoms with Crippen molar-refractivity contribution in [3.8, 4) is 5.69 Å². The normalized spacial score (nSPS) is 12.6. The van der Waals surface area contributed by atoms with Crippen LogP contribution >= 0.6 is 22.7 Å². The molecule has 0 aliphatic carbocycles. The summed E-state index contributed by atoms with van der Waals surface area (Å²) in [6.07, 6.45) is 5.15. The number of carbonyl (C=O) groups is 1. The van der Waals surface area contributed by atoms with E-state index in [2.05, 4.69) is 15.1 Å². The van der Waals surface area contributed by atoms with Gasteiger partial charge in [0.2, 0.25) is 0 Å². The van der Waals surface area contributed by atoms with Crippen molar-refractivity contribution < 1.29 is 4.79 Å². The second-order valence-corrected chi connectivity index (χ2v) is 8.40. The van der Waals surface area contributed by atoms with Crippen molar-refractivity contribution in [1.29, 1.82) is 0 Å². The van der Waals surface area contributed by atoms with Gasteiger partial charge in [0.1, 0.15) is 17.5 Å². The Morgan fingerprint density at radius 3 is 2.82 bits per heavy atom. The molecule has 0 bridgehead atoms. The van der Waals surface area contributed by atoms with E-state index >= 15 is 0 Å². The standard InChI is InChI=1S/C19H16N6OS2/c1-12(13-3-5-14(6-4-13)25-11-20-10-21-25)23(2)18(26)16-9-15-17(28-16)22-19-24(15)7-8-27-19/h3-12H,1-2H3. The lowest BCUT2D eigenvalue weighted by atomic mass is 10.1. The lowest BCUT2D eigenvalue weighted by Gasteiger charge is -2.25. The summed E-state index contributed by atoms with van der Waals surface area (Å²) in [5.74, 6) is -0.000155. The molecule has 28 heavy (non-hydrogen) atoms. The molecule has 0 aliphatic rings. The number of amides is 1. The predicted octanol–water partition coefficient (Wildman–Crippen LogP) is 4.02. The first-order valence-corrected chi connectivity index (χ1v) is 10.4. The minimum Gasteiger partial charge on any atom is -0.334 e. The van der Waals surface area contributed by atoms with Gasteiger partial charge in [-0.15, -0.1) is 22.7 Å². The van der Waals surface area contributed by atoms with Gasteiger partial charge < -0.3 is 4.90 Å². The molecule has 1 unspecified atom stereocenters. The molecule has 5 rings (SSSR count). The van der Waals surface area contributed by atoms with Crippen LogP contribution in [-0.4, -0.2) is 42.0 Å². The fourth-order valence-corrected chi connectivity index (χ4v) is 4.96. The van der Waals surface area contributed by atoms with Gasteiger partial charge in [-0.2, -0.15) is 5.10 Å². The number of imidazole rings is 1. The summed E-state index contributed by atoms with van der Waals surface area (Å²) in [4.78, 5) is 25.9. The van der Waals surface area contributed by atoms with Gasteiger partial charge in [0.05, 0.1) is 22.1 Å². The monoisotopic (exact) mass is 408 g/mol. The number of aromatic nitrogens is 5. The maximum Gasteiger partial charge on any atom is 0.264 e. The molecule has 0 N–H and O–H groups in total. The Kier molecular flexibility index (Phi) is 3.99. The number of nitrogens with zero attached hydrogens (tertiary/aromatic N) is 6. The largest absolute Gasteiger partial charge is 0.334 e. The maximum absolute atomic E-state index is 13.0. The second kappa shape index (κ2) is 6.54. The first kappa shape index (κ1) is 17.1. The van der Waals surface area contributed by atoms with Gasteiger partial charge in [-0.1, -0.05) is 12.1 Å². The molecule has 1 amide bonds. The van der Waals surface area contributed by atoms with Crippen LogP contribution in [0, 0.1) is 0 Å². The number of benzene rings is 1. The minimum absolute atomic E-state index is 0.000155. The summed E-state index contributed by atoms with van der Waals surface area (Å²) in [7, 11) is 1.84. The first-order chi connectivity index (χ1) is 13.6. The van der Waals surface area contributed by atoms with Gasteiger partial charge in [0, 0.05) is 18.6 Å². The molecule has 9 heteroatoms. The Morgan fingerprint density at radius 1 is 1.25 bits per heavy atom. The summed E-state index contributed by atoms with van der Waals surface area (Å²) < 4.78 is 3.73. The number of fused-ring (bicyclic) bond motifs is 3. The molecule has 0 spiro atoms. The van der Waals surface area contributed by atoms with Gasteiger partial charge >= 0.3 is 0 Å². The third-order valence-corrected chi connectivity index (χ3v) is 6.67. The summed E-state index contributed by atoms with van der Waals surface area (Å²) in [6.45, 7) is 2.03. The van der Waals surface area contributed by atoms with Gasteiger partial charge in [-0.25, -0.2) is 14.6 Å². The van der Waals surface area contributed by atoms with Crippen LogP contribution in [0.3, 0.4) is 0 Å². The second-order valence-electron chi connectivity index (χ2n) is 6.49. The smallest absolute Gasteiger partial charge is 0.264 e. The molecule has 0 radical (unpaired) electrons. The summed E-state index contributed by atoms with van der Waals surface area (Å²) in [6, 6.07) is 9.87. The third-order valence-electron chi connectivity index (χ3n) is 4.91. The lowest BCUT2D eigenvalue weighted by Crippen LogP contribution is -2.29. The molecular weight excluding hydrogens is 392 g/mol. The van der Waals surface area contributed by atoms with Crippen molar-refractivity contribution in [2.24, 2.45) is 0 Å². The number of carbonyl (C=O) groups excluding carboxylic acids is 1. The maximum atomic E-state index is 13.0. The molecule has 0 aliphatic heterocycles. The fraction of sp³-hybridized carbons (Fsp3) is 0.158. The minimum atomic E-state index is -0.0597. The highest BCUT2D eigenvalue weighted by Crippen LogP contribution is 2.30. The number of thiophene rings is 1. The Morgan fingerprint density at radius 2 is 2.07 bits per heavy atom. The topological polar surface area (TPSA) is 68.3 Å². The van der Waals surface area contributed by atoms with Crippen molar-refractivity contribution in [3.05, 3.63) is 65.0 Å². The molecule has 0 fully saturated rings. The average Bonchev–Trinajstić information content (AvgIpc) is 3.48. The van der Waals surface area contributed by atoms with Crippen molar-refractivity contribution in [2.45, 2.75) is 13.0 Å². The van der Waals surface area contributed by atoms with Gasteiger partial charge in [0.25, 0.3) is 5.91 Å². The van der Waals surface area contributed by atoms with Gasteiger partial charge in [-0.3, -0.25) is 9.20 Å². The van der Waals surface area contributed by atoms with Gasteiger partial charge in [-0.05, 0) is 30.7 Å². The van der Waals surface area contributed by atoms with Crippen molar-refractivity contribution in [1.82, 2.24) is 29.0 Å². The Labute approximate surface area is 168 Å². The Hall–Kier alpha value is -3.04. The summed E-state index contributed by atoms with van der Waals surface area (Å²) in [5.41, 5.74) is 2.98. The predicted molar refractivity (Wildman–Crippen MR) is 110 cm³/mol. The highest BCUT2D eigenvalue weighted by molar-refractivity contribution is 7.21. The molecule has 140 valence electrons. The number of hydrogen-bond acceptors (Lipinski definition) is 6. The SMILES string of the molecule is CC(c1ccc(-n2cncn2)cc1)N(C)C(=O)c1cc2c(nc3sccn32)s1. The zero-order valence-corrected chi connectivity index (χ0v) is 16.8. The van der Waals surface area contributed by atoms with E-state index < -0.39 is 0 Å². The molecule has 5 aromatic rings. The van der Waals surface area contributed by atoms with Crippen LogP contribution in [0.5, 0.6) is 0 Å². The van der Waals surface area contributed by atoms with E-state index in [1.165, 1.54) is 17.7 Å². The average molecular weight is 409 g/mol. The number of hydrogen-bond donors (Lipinski definition) is 0. The zero-order chi connectivity index (χ0) is 19.3. The summed E-state index contributed by atoms with van der Waals surface area (Å²) in [5, 5.41) is 6.13. The van der Waals surface area contributed by atoms with Crippen LogP contribution in [0.2, 0.25) is 0 Å². The first-order valence-electron chi connectivity index (χ1n) is 8.69. The molecule has 1 aromatic carbocycles. The third kappa shape index (κ3) is 2.71. The van der Waals surface area contributed by atoms with Crippen molar-refractivity contribution in [2.75, 3.05) is 7.05 Å². The molecule has 0 saturated carbocycles. The van der Waals surface area contributed by atoms with E-state index in [4.69, 9.17) is 0 Å². The zero-order valence-electron chi connectivity index (χ0n) is 15.2. The van der Waals surface area contributed by atoms with Crippen LogP contribution in [0.1, 0.15) is 28.2 Å². The van der Waals surface area contributed by atoms with Crippen LogP contribution in [0.15, 0.2) is 54.6 Å². The molecule has 4 aromatic heterocycles. The molecule has 1 atom stereocenters. The molecule has 4 heterocycles. The van der Waals surface area contributed by atoms with Crippen molar-refractivity contribution >= 4 is 43.9 Å². The van der Waals surface area contributed by atoms with Crippen LogP contribution in [0.4, 0.5) is 0 Å². The van der Waals surface area contributed by atoms with E-state index in [9.17, 15) is 4.79 Å². The highest BCUT2D eigenvalue weighted by atomic mass is 32.1. The fourth-order valence-electron chi connectivity index (χ4n) is 3.17. The van der Waals surface area contributed by atoms with E-state index in [0.29, 0.717) is 4.88 Å². The molecule has 7 nitrogen and oxygen atoms in total. The van der Waals surface area contributed by atoms with Crippen LogP contribution in [0.25, 0.3) is 21.0 Å². The van der Waals surface area contributed by atoms with Crippen LogP contribution < -0.4 is 0 Å².